The van der Waals surface area contributed by atoms with E-state index in [9.17, 15) is 23.1 Å². The summed E-state index contributed by atoms with van der Waals surface area (Å²) in [5.41, 5.74) is 3.53. The predicted octanol–water partition coefficient (Wildman–Crippen LogP) is 8.24. The maximum atomic E-state index is 15.2. The molecule has 1 atom stereocenters. The largest absolute Gasteiger partial charge is 0.481 e. The van der Waals surface area contributed by atoms with Gasteiger partial charge < -0.3 is 10.0 Å². The maximum Gasteiger partial charge on any atom is 0.416 e. The Bertz CT molecular complexity index is 1590. The normalized spacial score (nSPS) is 15.1. The highest BCUT2D eigenvalue weighted by molar-refractivity contribution is 6.13. The van der Waals surface area contributed by atoms with Crippen molar-refractivity contribution in [3.05, 3.63) is 119 Å². The summed E-state index contributed by atoms with van der Waals surface area (Å²) in [5, 5.41) is 9.78. The number of fused-ring (bicyclic) bond motifs is 1. The standard InChI is InChI=1S/C31H24F4N2O2/c1-18-5-3-6-22(13-18)20-9-11-21(12-10-20)30-36-29-25(14-19(2)15-26(29)32)27(17-28(38)39)37(30)24-8-4-7-23(16-24)31(33,34)35/h3-16,27H,17H2,1-2H3,(H,38,39). The van der Waals surface area contributed by atoms with Crippen LogP contribution in [0.5, 0.6) is 0 Å². The van der Waals surface area contributed by atoms with Crippen LogP contribution in [0.4, 0.5) is 28.9 Å². The molecule has 8 heteroatoms. The van der Waals surface area contributed by atoms with Crippen LogP contribution in [0.25, 0.3) is 11.1 Å². The van der Waals surface area contributed by atoms with E-state index < -0.39 is 36.0 Å². The van der Waals surface area contributed by atoms with Crippen molar-refractivity contribution in [3.8, 4) is 11.1 Å². The molecule has 0 aromatic heterocycles. The summed E-state index contributed by atoms with van der Waals surface area (Å²) in [7, 11) is 0. The Morgan fingerprint density at radius 1 is 0.872 bits per heavy atom. The van der Waals surface area contributed by atoms with Gasteiger partial charge in [-0.1, -0.05) is 66.2 Å². The molecule has 198 valence electrons. The van der Waals surface area contributed by atoms with Gasteiger partial charge in [-0.15, -0.1) is 0 Å². The fraction of sp³-hybridized carbons (Fsp3) is 0.161. The summed E-state index contributed by atoms with van der Waals surface area (Å²) in [6, 6.07) is 21.7. The summed E-state index contributed by atoms with van der Waals surface area (Å²) in [5.74, 6) is -1.65. The molecule has 1 aliphatic heterocycles. The predicted molar refractivity (Wildman–Crippen MR) is 143 cm³/mol. The molecule has 1 N–H and O–H groups in total. The number of carbonyl (C=O) groups is 1. The molecule has 0 aliphatic carbocycles. The number of anilines is 1. The van der Waals surface area contributed by atoms with Crippen molar-refractivity contribution >= 4 is 23.2 Å². The van der Waals surface area contributed by atoms with E-state index >= 15 is 4.39 Å². The molecule has 1 heterocycles. The average Bonchev–Trinajstić information content (AvgIpc) is 2.88. The van der Waals surface area contributed by atoms with Crippen molar-refractivity contribution in [3.63, 3.8) is 0 Å². The summed E-state index contributed by atoms with van der Waals surface area (Å²) in [6.07, 6.45) is -5.09. The molecule has 0 saturated carbocycles. The summed E-state index contributed by atoms with van der Waals surface area (Å²) < 4.78 is 56.1. The first-order chi connectivity index (χ1) is 18.5. The Morgan fingerprint density at radius 2 is 1.56 bits per heavy atom. The molecule has 4 nitrogen and oxygen atoms in total. The van der Waals surface area contributed by atoms with E-state index in [1.54, 1.807) is 25.1 Å². The van der Waals surface area contributed by atoms with E-state index in [4.69, 9.17) is 0 Å². The summed E-state index contributed by atoms with van der Waals surface area (Å²) in [6.45, 7) is 3.65. The second kappa shape index (κ2) is 10.0. The van der Waals surface area contributed by atoms with Gasteiger partial charge in [0.25, 0.3) is 0 Å². The highest BCUT2D eigenvalue weighted by Crippen LogP contribution is 2.44. The minimum absolute atomic E-state index is 0.0205. The van der Waals surface area contributed by atoms with Crippen LogP contribution in [0.1, 0.15) is 40.3 Å². The molecule has 0 bridgehead atoms. The second-order valence-corrected chi connectivity index (χ2v) is 9.60. The Morgan fingerprint density at radius 3 is 2.23 bits per heavy atom. The first-order valence-electron chi connectivity index (χ1n) is 12.3. The number of carboxylic acids is 1. The van der Waals surface area contributed by atoms with Crippen molar-refractivity contribution in [2.75, 3.05) is 4.90 Å². The third-order valence-corrected chi connectivity index (χ3v) is 6.67. The minimum Gasteiger partial charge on any atom is -0.481 e. The number of hydrogen-bond donors (Lipinski definition) is 1. The first-order valence-corrected chi connectivity index (χ1v) is 12.3. The lowest BCUT2D eigenvalue weighted by molar-refractivity contribution is -0.138. The van der Waals surface area contributed by atoms with E-state index in [2.05, 4.69) is 4.99 Å². The van der Waals surface area contributed by atoms with Crippen molar-refractivity contribution < 1.29 is 27.5 Å². The molecule has 0 radical (unpaired) electrons. The topological polar surface area (TPSA) is 52.9 Å². The van der Waals surface area contributed by atoms with E-state index in [-0.39, 0.29) is 17.2 Å². The van der Waals surface area contributed by atoms with Gasteiger partial charge in [0.2, 0.25) is 0 Å². The molecule has 0 fully saturated rings. The van der Waals surface area contributed by atoms with E-state index in [1.165, 1.54) is 23.1 Å². The van der Waals surface area contributed by atoms with Gasteiger partial charge in [-0.3, -0.25) is 4.79 Å². The van der Waals surface area contributed by atoms with Gasteiger partial charge in [0, 0.05) is 16.8 Å². The van der Waals surface area contributed by atoms with Crippen LogP contribution in [0.15, 0.2) is 89.9 Å². The first kappa shape index (κ1) is 26.2. The number of hydrogen-bond acceptors (Lipinski definition) is 3. The fourth-order valence-electron chi connectivity index (χ4n) is 4.92. The molecule has 1 unspecified atom stereocenters. The van der Waals surface area contributed by atoms with Gasteiger partial charge in [0.15, 0.2) is 0 Å². The van der Waals surface area contributed by atoms with Gasteiger partial charge in [-0.2, -0.15) is 13.2 Å². The highest BCUT2D eigenvalue weighted by atomic mass is 19.4. The van der Waals surface area contributed by atoms with E-state index in [0.29, 0.717) is 16.7 Å². The number of nitrogens with zero attached hydrogens (tertiary/aromatic N) is 2. The van der Waals surface area contributed by atoms with Gasteiger partial charge in [-0.25, -0.2) is 9.38 Å². The Labute approximate surface area is 222 Å². The third kappa shape index (κ3) is 5.27. The molecule has 0 saturated heterocycles. The third-order valence-electron chi connectivity index (χ3n) is 6.67. The number of alkyl halides is 3. The number of halogens is 4. The van der Waals surface area contributed by atoms with Crippen LogP contribution < -0.4 is 4.90 Å². The number of aryl methyl sites for hydroxylation is 2. The van der Waals surface area contributed by atoms with Crippen LogP contribution in [-0.4, -0.2) is 16.9 Å². The Balaban J connectivity index is 1.71. The number of aliphatic carboxylic acids is 1. The van der Waals surface area contributed by atoms with Gasteiger partial charge >= 0.3 is 12.1 Å². The zero-order chi connectivity index (χ0) is 27.9. The SMILES string of the molecule is Cc1cccc(-c2ccc(C3=Nc4c(F)cc(C)cc4C(CC(=O)O)N3c3cccc(C(F)(F)F)c3)cc2)c1. The minimum atomic E-state index is -4.61. The summed E-state index contributed by atoms with van der Waals surface area (Å²) >= 11 is 0. The molecule has 1 aliphatic rings. The van der Waals surface area contributed by atoms with Crippen LogP contribution in [0.3, 0.4) is 0 Å². The van der Waals surface area contributed by atoms with E-state index in [0.717, 1.165) is 28.8 Å². The van der Waals surface area contributed by atoms with Crippen LogP contribution in [0, 0.1) is 19.7 Å². The van der Waals surface area contributed by atoms with E-state index in [1.807, 2.05) is 43.3 Å². The zero-order valence-electron chi connectivity index (χ0n) is 21.1. The highest BCUT2D eigenvalue weighted by Gasteiger charge is 2.37. The van der Waals surface area contributed by atoms with Crippen molar-refractivity contribution in [2.24, 2.45) is 4.99 Å². The number of amidine groups is 1. The smallest absolute Gasteiger partial charge is 0.416 e. The van der Waals surface area contributed by atoms with Crippen LogP contribution >= 0.6 is 0 Å². The lowest BCUT2D eigenvalue weighted by Crippen LogP contribution is -2.39. The molecule has 39 heavy (non-hydrogen) atoms. The molecule has 0 amide bonds. The number of benzene rings is 4. The zero-order valence-corrected chi connectivity index (χ0v) is 21.1. The number of carboxylic acid groups (broad SMARTS) is 1. The average molecular weight is 533 g/mol. The Kier molecular flexibility index (Phi) is 6.72. The van der Waals surface area contributed by atoms with Gasteiger partial charge in [0.05, 0.1) is 18.0 Å². The molecular formula is C31H24F4N2O2. The molecule has 0 spiro atoms. The second-order valence-electron chi connectivity index (χ2n) is 9.60. The quantitative estimate of drug-likeness (QED) is 0.263. The monoisotopic (exact) mass is 532 g/mol. The lowest BCUT2D eigenvalue weighted by atomic mass is 9.93. The van der Waals surface area contributed by atoms with Gasteiger partial charge in [0.1, 0.15) is 17.3 Å². The molecule has 5 rings (SSSR count). The summed E-state index contributed by atoms with van der Waals surface area (Å²) in [4.78, 5) is 18.0. The fourth-order valence-corrected chi connectivity index (χ4v) is 4.92. The number of rotatable bonds is 5. The van der Waals surface area contributed by atoms with Crippen LogP contribution in [0.2, 0.25) is 0 Å². The van der Waals surface area contributed by atoms with Crippen LogP contribution in [-0.2, 0) is 11.0 Å². The lowest BCUT2D eigenvalue weighted by Gasteiger charge is -2.38. The number of aliphatic imine (C=N–C) groups is 1. The van der Waals surface area contributed by atoms with Crippen molar-refractivity contribution in [1.29, 1.82) is 0 Å². The van der Waals surface area contributed by atoms with Crippen molar-refractivity contribution in [1.82, 2.24) is 0 Å². The molecular weight excluding hydrogens is 508 g/mol. The Hall–Kier alpha value is -4.46. The molecule has 4 aromatic rings. The van der Waals surface area contributed by atoms with Crippen molar-refractivity contribution in [2.45, 2.75) is 32.5 Å². The molecule has 4 aromatic carbocycles. The van der Waals surface area contributed by atoms with Gasteiger partial charge in [-0.05, 0) is 54.8 Å². The maximum absolute atomic E-state index is 15.2.